The van der Waals surface area contributed by atoms with E-state index in [2.05, 4.69) is 183 Å². The number of pyridine rings is 4. The molecule has 35 heteroatoms. The third-order valence-corrected chi connectivity index (χ3v) is 19.1. The van der Waals surface area contributed by atoms with Crippen LogP contribution in [0.1, 0.15) is 54.9 Å². The number of nitrogens with two attached hydrogens (primary N) is 7. The molecule has 0 atom stereocenters. The number of thiol groups is 3. The number of amidine groups is 2. The minimum absolute atomic E-state index is 0.0147. The number of nitrogens with zero attached hydrogens (tertiary/aromatic N) is 13. The van der Waals surface area contributed by atoms with Crippen molar-refractivity contribution < 1.29 is 14.8 Å². The van der Waals surface area contributed by atoms with Crippen molar-refractivity contribution in [2.45, 2.75) is 32.6 Å². The molecule has 0 aliphatic heterocycles. The maximum atomic E-state index is 10.8. The summed E-state index contributed by atoms with van der Waals surface area (Å²) >= 11 is 24.5. The molecule has 4 aromatic heterocycles. The van der Waals surface area contributed by atoms with Gasteiger partial charge >= 0.3 is 5.97 Å². The van der Waals surface area contributed by atoms with Crippen molar-refractivity contribution in [2.24, 2.45) is 63.4 Å². The van der Waals surface area contributed by atoms with Crippen LogP contribution in [0.3, 0.4) is 0 Å². The number of nitrogen functional groups attached to an aromatic ring is 5. The fraction of sp³-hybridized carbons (Fsp3) is 0.110. The standard InChI is InChI=1S/C20H20BrN5S2.C19H18BrN5S.C18H15BrN6O2.C16H13BrN6.H3NO.H2S2/c1-27-28-10-2-3-18(22)13-5-8-16(9-6-13)25-26-19-17-11-15(21)7-4-14(17)12-24-20(19)23;20-14-6-3-13-11-23-19(22)18(16(13)10-14)25-24-15-7-4-12(5-8-15)17(21)2-1-9-26;1-10(26)27-25-17(20)11-3-6-14(7-4-11)23-24-16-15-8-13(19)5-2-12(15)9-22-18(16)21;17-11-4-1-10-8-21-16(20)14(13(10)7-11)23-22-12-5-2-9(3-6-12)15(18)19;2*1-2/h4-9,11-12,22H,2-3,10H2,1H3,(H2,23,24);3-8,10-11,21,26H,1-2,9H2,(H2,22,23);2-9H,1H3,(H2,20,25)(H2,21,22);1-8H,(H3,18,19)(H2,20,21);2H,1H2;1-2H. The topological polar surface area (TPSA) is 463 Å². The van der Waals surface area contributed by atoms with E-state index in [1.807, 2.05) is 132 Å². The lowest BCUT2D eigenvalue weighted by Crippen LogP contribution is -2.14. The van der Waals surface area contributed by atoms with E-state index in [4.69, 9.17) is 55.8 Å². The van der Waals surface area contributed by atoms with Gasteiger partial charge < -0.3 is 55.3 Å². The van der Waals surface area contributed by atoms with Gasteiger partial charge in [-0.3, -0.25) is 5.41 Å². The molecular formula is C73H71Br4N23O3S5. The van der Waals surface area contributed by atoms with Crippen LogP contribution in [0.5, 0.6) is 0 Å². The molecule has 8 aromatic carbocycles. The summed E-state index contributed by atoms with van der Waals surface area (Å²) in [5.74, 6) is 6.19. The minimum atomic E-state index is -0.545. The molecule has 18 N–H and O–H groups in total. The molecule has 0 aliphatic carbocycles. The number of hydrogen-bond donors (Lipinski definition) is 14. The summed E-state index contributed by atoms with van der Waals surface area (Å²) in [6, 6.07) is 52.0. The largest absolute Gasteiger partial charge is 0.384 e. The predicted molar refractivity (Wildman–Crippen MR) is 467 cm³/mol. The SMILES string of the molecule is CC(=O)O/N=C(/N)c1ccc(N=Nc2c(N)ncc3ccc(Br)cc23)cc1.CSSCCCC(=N)c1ccc(N=Nc2c(N)ncc3ccc(Br)cc23)cc1.N=C(CCCS)c1ccc(N=Nc2c(N)ncc3ccc(Br)cc23)cc1.N=C(N)c1ccc(N=Nc2c(N)ncc3ccc(Br)cc23)cc1.NO.SS. The third kappa shape index (κ3) is 25.5. The van der Waals surface area contributed by atoms with Gasteiger partial charge in [-0.2, -0.15) is 33.1 Å². The van der Waals surface area contributed by atoms with E-state index >= 15 is 0 Å². The molecule has 0 unspecified atom stereocenters. The number of carbonyl (C=O) groups excluding carboxylic acids is 1. The van der Waals surface area contributed by atoms with Crippen molar-refractivity contribution >= 4 is 262 Å². The second-order valence-corrected chi connectivity index (χ2v) is 29.0. The lowest BCUT2D eigenvalue weighted by molar-refractivity contribution is -0.140. The number of halogens is 4. The number of rotatable bonds is 21. The van der Waals surface area contributed by atoms with Crippen LogP contribution in [0.25, 0.3) is 43.1 Å². The van der Waals surface area contributed by atoms with Crippen LogP contribution in [0.15, 0.2) is 259 Å². The van der Waals surface area contributed by atoms with Gasteiger partial charge in [-0.1, -0.05) is 139 Å². The molecular weight excluding hydrogens is 1730 g/mol. The second-order valence-electron chi connectivity index (χ2n) is 22.2. The number of hydrogen-bond acceptors (Lipinski definition) is 29. The summed E-state index contributed by atoms with van der Waals surface area (Å²) in [4.78, 5) is 32.0. The van der Waals surface area contributed by atoms with E-state index in [0.29, 0.717) is 91.3 Å². The highest BCUT2D eigenvalue weighted by molar-refractivity contribution is 9.11. The lowest BCUT2D eigenvalue weighted by atomic mass is 10.1. The van der Waals surface area contributed by atoms with Crippen molar-refractivity contribution in [1.29, 1.82) is 16.2 Å². The average Bonchev–Trinajstić information content (AvgIpc) is 0.818. The molecule has 0 saturated heterocycles. The molecule has 12 aromatic rings. The van der Waals surface area contributed by atoms with E-state index < -0.39 is 5.97 Å². The molecule has 0 amide bonds. The summed E-state index contributed by atoms with van der Waals surface area (Å²) in [5, 5.41) is 75.1. The van der Waals surface area contributed by atoms with Crippen molar-refractivity contribution in [3.05, 3.63) is 235 Å². The van der Waals surface area contributed by atoms with Gasteiger partial charge in [-0.25, -0.2) is 30.6 Å². The van der Waals surface area contributed by atoms with Gasteiger partial charge in [0.2, 0.25) is 0 Å². The van der Waals surface area contributed by atoms with Gasteiger partial charge in [-0.05, 0) is 170 Å². The Morgan fingerprint density at radius 2 is 0.741 bits per heavy atom. The van der Waals surface area contributed by atoms with Gasteiger partial charge in [0.05, 0.1) is 22.7 Å². The molecule has 108 heavy (non-hydrogen) atoms. The highest BCUT2D eigenvalue weighted by Crippen LogP contribution is 2.38. The zero-order chi connectivity index (χ0) is 78.2. The van der Waals surface area contributed by atoms with Crippen LogP contribution in [0, 0.1) is 16.2 Å². The van der Waals surface area contributed by atoms with E-state index in [1.54, 1.807) is 84.1 Å². The monoisotopic (exact) mass is 1790 g/mol. The Balaban J connectivity index is 0.000000198. The number of fused-ring (bicyclic) bond motifs is 4. The number of anilines is 4. The van der Waals surface area contributed by atoms with Crippen LogP contribution in [0.2, 0.25) is 0 Å². The van der Waals surface area contributed by atoms with E-state index in [1.165, 1.54) is 6.92 Å². The van der Waals surface area contributed by atoms with E-state index in [0.717, 1.165) is 109 Å². The molecule has 0 fully saturated rings. The highest BCUT2D eigenvalue weighted by atomic mass is 79.9. The summed E-state index contributed by atoms with van der Waals surface area (Å²) in [6.07, 6.45) is 12.3. The Bertz CT molecular complexity index is 5260. The lowest BCUT2D eigenvalue weighted by Gasteiger charge is -2.05. The molecule has 0 spiro atoms. The smallest absolute Gasteiger partial charge is 0.332 e. The third-order valence-electron chi connectivity index (χ3n) is 14.9. The number of nitrogens with one attached hydrogen (secondary N) is 3. The Morgan fingerprint density at radius 3 is 1.02 bits per heavy atom. The van der Waals surface area contributed by atoms with Crippen LogP contribution < -0.4 is 40.3 Å². The van der Waals surface area contributed by atoms with E-state index in [-0.39, 0.29) is 11.7 Å². The van der Waals surface area contributed by atoms with Crippen molar-refractivity contribution in [2.75, 3.05) is 40.7 Å². The van der Waals surface area contributed by atoms with Crippen molar-refractivity contribution in [1.82, 2.24) is 19.9 Å². The molecule has 26 nitrogen and oxygen atoms in total. The number of benzene rings is 8. The summed E-state index contributed by atoms with van der Waals surface area (Å²) in [7, 11) is 3.59. The normalized spacial score (nSPS) is 11.1. The first-order valence-electron chi connectivity index (χ1n) is 31.8. The van der Waals surface area contributed by atoms with Crippen molar-refractivity contribution in [3.63, 3.8) is 0 Å². The second kappa shape index (κ2) is 44.0. The predicted octanol–water partition coefficient (Wildman–Crippen LogP) is 21.8. The van der Waals surface area contributed by atoms with Gasteiger partial charge in [0.25, 0.3) is 0 Å². The first kappa shape index (κ1) is 85.6. The van der Waals surface area contributed by atoms with Gasteiger partial charge in [0.1, 0.15) is 28.6 Å². The van der Waals surface area contributed by atoms with Crippen LogP contribution in [-0.2, 0) is 9.63 Å². The Kier molecular flexibility index (Phi) is 34.8. The zero-order valence-electron chi connectivity index (χ0n) is 57.5. The maximum Gasteiger partial charge on any atom is 0.332 e. The van der Waals surface area contributed by atoms with Crippen molar-refractivity contribution in [3.8, 4) is 0 Å². The number of azo groups is 4. The maximum absolute atomic E-state index is 10.8. The molecule has 0 radical (unpaired) electrons. The highest BCUT2D eigenvalue weighted by Gasteiger charge is 2.13. The fourth-order valence-electron chi connectivity index (χ4n) is 9.56. The van der Waals surface area contributed by atoms with E-state index in [9.17, 15) is 4.79 Å². The zero-order valence-corrected chi connectivity index (χ0v) is 68.2. The number of oxime groups is 1. The summed E-state index contributed by atoms with van der Waals surface area (Å²) in [5.41, 5.74) is 44.2. The van der Waals surface area contributed by atoms with Crippen LogP contribution in [0.4, 0.5) is 68.8 Å². The Morgan fingerprint density at radius 1 is 0.454 bits per heavy atom. The molecule has 12 rings (SSSR count). The fourth-order valence-corrected chi connectivity index (χ4v) is 12.4. The Labute approximate surface area is 678 Å². The summed E-state index contributed by atoms with van der Waals surface area (Å²) in [6.45, 7) is 1.24. The number of aromatic nitrogens is 4. The minimum Gasteiger partial charge on any atom is -0.384 e. The average molecular weight is 1800 g/mol. The van der Waals surface area contributed by atoms with Gasteiger partial charge in [0, 0.05) is 121 Å². The first-order valence-corrected chi connectivity index (χ1v) is 39.9. The van der Waals surface area contributed by atoms with Crippen LogP contribution in [-0.4, -0.2) is 72.0 Å². The molecule has 0 bridgehead atoms. The number of carbonyl (C=O) groups is 1. The Hall–Kier alpha value is -9.66. The molecule has 0 saturated carbocycles. The molecule has 4 heterocycles. The van der Waals surface area contributed by atoms with Crippen LogP contribution >= 0.6 is 121 Å². The van der Waals surface area contributed by atoms with Gasteiger partial charge in [-0.15, -0.1) is 43.8 Å². The molecule has 554 valence electrons. The molecule has 0 aliphatic rings. The van der Waals surface area contributed by atoms with Gasteiger partial charge in [0.15, 0.2) is 29.1 Å². The first-order chi connectivity index (χ1) is 52.1. The quantitative estimate of drug-likeness (QED) is 0.00464. The summed E-state index contributed by atoms with van der Waals surface area (Å²) < 4.78 is 3.72.